The molecule has 1 heterocycles. The average Bonchev–Trinajstić information content (AvgIpc) is 2.55. The number of hydrogen-bond donors (Lipinski definition) is 1. The highest BCUT2D eigenvalue weighted by Gasteiger charge is 2.12. The summed E-state index contributed by atoms with van der Waals surface area (Å²) >= 11 is 0. The van der Waals surface area contributed by atoms with Gasteiger partial charge in [-0.15, -0.1) is 0 Å². The highest BCUT2D eigenvalue weighted by Crippen LogP contribution is 2.17. The van der Waals surface area contributed by atoms with Crippen molar-refractivity contribution in [2.24, 2.45) is 0 Å². The normalized spacial score (nSPS) is 10.2. The van der Waals surface area contributed by atoms with Crippen LogP contribution in [0.4, 0.5) is 17.2 Å². The van der Waals surface area contributed by atoms with Gasteiger partial charge in [-0.3, -0.25) is 14.9 Å². The molecule has 1 aromatic carbocycles. The second-order valence-corrected chi connectivity index (χ2v) is 5.05. The van der Waals surface area contributed by atoms with Gasteiger partial charge in [0, 0.05) is 18.8 Å². The van der Waals surface area contributed by atoms with E-state index in [4.69, 9.17) is 0 Å². The minimum absolute atomic E-state index is 0.0801. The highest BCUT2D eigenvalue weighted by atomic mass is 16.6. The van der Waals surface area contributed by atoms with Gasteiger partial charge in [0.25, 0.3) is 5.69 Å². The van der Waals surface area contributed by atoms with Crippen LogP contribution in [-0.4, -0.2) is 29.4 Å². The largest absolute Gasteiger partial charge is 0.350 e. The molecular weight excluding hydrogens is 296 g/mol. The molecule has 0 saturated carbocycles. The maximum atomic E-state index is 12.2. The molecule has 7 heteroatoms. The van der Waals surface area contributed by atoms with Crippen LogP contribution in [0.1, 0.15) is 12.5 Å². The Kier molecular flexibility index (Phi) is 5.24. The van der Waals surface area contributed by atoms with Crippen LogP contribution in [-0.2, 0) is 11.2 Å². The standard InChI is InChI=1S/C16H18N4O3/c1-3-12-6-4-5-7-14(12)18-16(21)11-19(2)15-9-8-13(10-17-15)20(22)23/h4-10H,3,11H2,1-2H3,(H,18,21). The molecule has 0 atom stereocenters. The van der Waals surface area contributed by atoms with Gasteiger partial charge in [-0.2, -0.15) is 0 Å². The van der Waals surface area contributed by atoms with Crippen molar-refractivity contribution in [3.63, 3.8) is 0 Å². The summed E-state index contributed by atoms with van der Waals surface area (Å²) in [6, 6.07) is 10.5. The summed E-state index contributed by atoms with van der Waals surface area (Å²) in [5.74, 6) is 0.322. The number of nitrogens with one attached hydrogen (secondary N) is 1. The first-order valence-electron chi connectivity index (χ1n) is 7.20. The van der Waals surface area contributed by atoms with E-state index in [-0.39, 0.29) is 18.1 Å². The van der Waals surface area contributed by atoms with E-state index in [1.807, 2.05) is 31.2 Å². The second kappa shape index (κ2) is 7.35. The molecule has 0 aliphatic rings. The maximum absolute atomic E-state index is 12.2. The van der Waals surface area contributed by atoms with Crippen molar-refractivity contribution in [3.8, 4) is 0 Å². The number of likely N-dealkylation sites (N-methyl/N-ethyl adjacent to an activating group) is 1. The zero-order chi connectivity index (χ0) is 16.8. The number of benzene rings is 1. The summed E-state index contributed by atoms with van der Waals surface area (Å²) in [5, 5.41) is 13.5. The van der Waals surface area contributed by atoms with Gasteiger partial charge in [0.2, 0.25) is 5.91 Å². The molecule has 1 amide bonds. The molecular formula is C16H18N4O3. The summed E-state index contributed by atoms with van der Waals surface area (Å²) in [4.78, 5) is 27.9. The van der Waals surface area contributed by atoms with Crippen molar-refractivity contribution in [1.29, 1.82) is 0 Å². The Morgan fingerprint density at radius 3 is 2.65 bits per heavy atom. The first kappa shape index (κ1) is 16.4. The predicted octanol–water partition coefficient (Wildman–Crippen LogP) is 2.63. The SMILES string of the molecule is CCc1ccccc1NC(=O)CN(C)c1ccc([N+](=O)[O-])cn1. The van der Waals surface area contributed by atoms with Crippen molar-refractivity contribution in [1.82, 2.24) is 4.98 Å². The van der Waals surface area contributed by atoms with Gasteiger partial charge in [-0.1, -0.05) is 25.1 Å². The van der Waals surface area contributed by atoms with E-state index in [1.54, 1.807) is 11.9 Å². The Bertz CT molecular complexity index is 701. The number of aromatic nitrogens is 1. The number of nitrogens with zero attached hydrogens (tertiary/aromatic N) is 3. The monoisotopic (exact) mass is 314 g/mol. The first-order valence-corrected chi connectivity index (χ1v) is 7.20. The molecule has 0 radical (unpaired) electrons. The third kappa shape index (κ3) is 4.26. The third-order valence-electron chi connectivity index (χ3n) is 3.39. The number of amides is 1. The lowest BCUT2D eigenvalue weighted by molar-refractivity contribution is -0.385. The van der Waals surface area contributed by atoms with Crippen LogP contribution in [0.3, 0.4) is 0 Å². The molecule has 1 aromatic heterocycles. The van der Waals surface area contributed by atoms with Gasteiger partial charge in [-0.25, -0.2) is 4.98 Å². The molecule has 2 rings (SSSR count). The summed E-state index contributed by atoms with van der Waals surface area (Å²) in [5.41, 5.74) is 1.78. The number of para-hydroxylation sites is 1. The molecule has 0 spiro atoms. The molecule has 0 unspecified atom stereocenters. The van der Waals surface area contributed by atoms with Gasteiger partial charge < -0.3 is 10.2 Å². The first-order chi connectivity index (χ1) is 11.0. The number of nitro groups is 1. The number of anilines is 2. The topological polar surface area (TPSA) is 88.4 Å². The lowest BCUT2D eigenvalue weighted by Crippen LogP contribution is -2.30. The molecule has 0 saturated heterocycles. The fourth-order valence-electron chi connectivity index (χ4n) is 2.15. The van der Waals surface area contributed by atoms with Crippen LogP contribution in [0.2, 0.25) is 0 Å². The van der Waals surface area contributed by atoms with Crippen molar-refractivity contribution in [3.05, 3.63) is 58.3 Å². The van der Waals surface area contributed by atoms with Crippen LogP contribution in [0.5, 0.6) is 0 Å². The molecule has 7 nitrogen and oxygen atoms in total. The van der Waals surface area contributed by atoms with Crippen molar-refractivity contribution >= 4 is 23.1 Å². The van der Waals surface area contributed by atoms with Gasteiger partial charge in [0.05, 0.1) is 11.5 Å². The van der Waals surface area contributed by atoms with Gasteiger partial charge >= 0.3 is 0 Å². The second-order valence-electron chi connectivity index (χ2n) is 5.05. The summed E-state index contributed by atoms with van der Waals surface area (Å²) in [6.45, 7) is 2.13. The van der Waals surface area contributed by atoms with Crippen LogP contribution >= 0.6 is 0 Å². The van der Waals surface area contributed by atoms with E-state index in [1.165, 1.54) is 18.3 Å². The van der Waals surface area contributed by atoms with Crippen molar-refractivity contribution < 1.29 is 9.72 Å². The van der Waals surface area contributed by atoms with E-state index < -0.39 is 4.92 Å². The van der Waals surface area contributed by atoms with E-state index in [0.717, 1.165) is 17.7 Å². The Labute approximate surface area is 134 Å². The third-order valence-corrected chi connectivity index (χ3v) is 3.39. The minimum atomic E-state index is -0.509. The van der Waals surface area contributed by atoms with Crippen molar-refractivity contribution in [2.75, 3.05) is 23.8 Å². The maximum Gasteiger partial charge on any atom is 0.287 e. The fourth-order valence-corrected chi connectivity index (χ4v) is 2.15. The zero-order valence-electron chi connectivity index (χ0n) is 13.0. The summed E-state index contributed by atoms with van der Waals surface area (Å²) < 4.78 is 0. The van der Waals surface area contributed by atoms with Crippen LogP contribution < -0.4 is 10.2 Å². The van der Waals surface area contributed by atoms with E-state index >= 15 is 0 Å². The van der Waals surface area contributed by atoms with Crippen LogP contribution in [0.25, 0.3) is 0 Å². The number of carbonyl (C=O) groups is 1. The van der Waals surface area contributed by atoms with E-state index in [2.05, 4.69) is 10.3 Å². The van der Waals surface area contributed by atoms with E-state index in [9.17, 15) is 14.9 Å². The number of pyridine rings is 1. The Balaban J connectivity index is 2.00. The fraction of sp³-hybridized carbons (Fsp3) is 0.250. The Morgan fingerprint density at radius 1 is 1.30 bits per heavy atom. The van der Waals surface area contributed by atoms with Gasteiger partial charge in [0.15, 0.2) is 0 Å². The number of aryl methyl sites for hydroxylation is 1. The minimum Gasteiger partial charge on any atom is -0.350 e. The highest BCUT2D eigenvalue weighted by molar-refractivity contribution is 5.94. The van der Waals surface area contributed by atoms with Crippen LogP contribution in [0.15, 0.2) is 42.6 Å². The van der Waals surface area contributed by atoms with Crippen LogP contribution in [0, 0.1) is 10.1 Å². The summed E-state index contributed by atoms with van der Waals surface area (Å²) in [6.07, 6.45) is 2.01. The van der Waals surface area contributed by atoms with E-state index in [0.29, 0.717) is 5.82 Å². The lowest BCUT2D eigenvalue weighted by atomic mass is 10.1. The predicted molar refractivity (Wildman–Crippen MR) is 88.6 cm³/mol. The Morgan fingerprint density at radius 2 is 2.04 bits per heavy atom. The average molecular weight is 314 g/mol. The number of rotatable bonds is 6. The lowest BCUT2D eigenvalue weighted by Gasteiger charge is -2.18. The molecule has 0 fully saturated rings. The molecule has 120 valence electrons. The molecule has 23 heavy (non-hydrogen) atoms. The smallest absolute Gasteiger partial charge is 0.287 e. The van der Waals surface area contributed by atoms with Gasteiger partial charge in [-0.05, 0) is 24.1 Å². The number of carbonyl (C=O) groups excluding carboxylic acids is 1. The molecule has 0 aliphatic heterocycles. The molecule has 1 N–H and O–H groups in total. The van der Waals surface area contributed by atoms with Crippen molar-refractivity contribution in [2.45, 2.75) is 13.3 Å². The summed E-state index contributed by atoms with van der Waals surface area (Å²) in [7, 11) is 1.71. The van der Waals surface area contributed by atoms with Gasteiger partial charge in [0.1, 0.15) is 12.0 Å². The zero-order valence-corrected chi connectivity index (χ0v) is 13.0. The number of hydrogen-bond acceptors (Lipinski definition) is 5. The molecule has 0 bridgehead atoms. The molecule has 0 aliphatic carbocycles. The quantitative estimate of drug-likeness (QED) is 0.654. The molecule has 2 aromatic rings. The Hall–Kier alpha value is -2.96.